The number of aromatic nitrogens is 1. The van der Waals surface area contributed by atoms with Crippen molar-refractivity contribution < 1.29 is 9.53 Å². The molecule has 0 aliphatic heterocycles. The van der Waals surface area contributed by atoms with E-state index in [-0.39, 0.29) is 6.03 Å². The maximum Gasteiger partial charge on any atom is 0.315 e. The molecule has 0 unspecified atom stereocenters. The van der Waals surface area contributed by atoms with Crippen molar-refractivity contribution in [1.82, 2.24) is 15.2 Å². The van der Waals surface area contributed by atoms with Gasteiger partial charge in [-0.15, -0.1) is 0 Å². The van der Waals surface area contributed by atoms with E-state index in [0.717, 1.165) is 29.1 Å². The number of amides is 2. The van der Waals surface area contributed by atoms with Gasteiger partial charge in [0.15, 0.2) is 0 Å². The summed E-state index contributed by atoms with van der Waals surface area (Å²) in [6.07, 6.45) is 0.810. The number of halogens is 1. The van der Waals surface area contributed by atoms with Gasteiger partial charge in [0.05, 0.1) is 0 Å². The molecule has 1 aromatic heterocycles. The van der Waals surface area contributed by atoms with Crippen molar-refractivity contribution in [2.45, 2.75) is 33.7 Å². The van der Waals surface area contributed by atoms with Gasteiger partial charge in [0.2, 0.25) is 0 Å². The van der Waals surface area contributed by atoms with Crippen LogP contribution in [0.5, 0.6) is 0 Å². The molecule has 2 aromatic rings. The molecule has 0 saturated carbocycles. The summed E-state index contributed by atoms with van der Waals surface area (Å²) in [5.74, 6) is 0. The van der Waals surface area contributed by atoms with Crippen molar-refractivity contribution in [2.75, 3.05) is 19.8 Å². The zero-order valence-electron chi connectivity index (χ0n) is 15.1. The van der Waals surface area contributed by atoms with E-state index in [1.54, 1.807) is 0 Å². The Kier molecular flexibility index (Phi) is 7.34. The monoisotopic (exact) mass is 363 g/mol. The highest BCUT2D eigenvalue weighted by atomic mass is 35.5. The van der Waals surface area contributed by atoms with Gasteiger partial charge in [0, 0.05) is 48.4 Å². The van der Waals surface area contributed by atoms with Crippen LogP contribution in [0, 0.1) is 13.8 Å². The van der Waals surface area contributed by atoms with Crippen LogP contribution in [0.4, 0.5) is 4.79 Å². The maximum atomic E-state index is 11.9. The Hall–Kier alpha value is -1.98. The third-order valence-corrected chi connectivity index (χ3v) is 4.23. The van der Waals surface area contributed by atoms with E-state index in [1.165, 1.54) is 0 Å². The van der Waals surface area contributed by atoms with Gasteiger partial charge in [-0.1, -0.05) is 17.7 Å². The predicted octanol–water partition coefficient (Wildman–Crippen LogP) is 3.97. The van der Waals surface area contributed by atoms with E-state index in [0.29, 0.717) is 31.3 Å². The predicted molar refractivity (Wildman–Crippen MR) is 102 cm³/mol. The van der Waals surface area contributed by atoms with E-state index in [9.17, 15) is 4.79 Å². The first-order valence-electron chi connectivity index (χ1n) is 8.56. The number of hydrogen-bond donors (Lipinski definition) is 2. The number of urea groups is 1. The average molecular weight is 364 g/mol. The molecule has 0 atom stereocenters. The lowest BCUT2D eigenvalue weighted by atomic mass is 10.2. The second-order valence-corrected chi connectivity index (χ2v) is 6.31. The zero-order valence-corrected chi connectivity index (χ0v) is 15.8. The standard InChI is InChI=1S/C19H26ClN3O2/c1-4-25-10-6-9-21-19(24)22-13-16-11-14(2)23(15(16)3)18-8-5-7-17(20)12-18/h5,7-8,11-12H,4,6,9-10,13H2,1-3H3,(H2,21,22,24). The fourth-order valence-corrected chi connectivity index (χ4v) is 2.96. The normalized spacial score (nSPS) is 10.7. The van der Waals surface area contributed by atoms with Crippen LogP contribution in [0.25, 0.3) is 5.69 Å². The highest BCUT2D eigenvalue weighted by Gasteiger charge is 2.11. The Morgan fingerprint density at radius 2 is 2.04 bits per heavy atom. The van der Waals surface area contributed by atoms with E-state index in [4.69, 9.17) is 16.3 Å². The molecule has 136 valence electrons. The topological polar surface area (TPSA) is 55.3 Å². The van der Waals surface area contributed by atoms with Crippen LogP contribution >= 0.6 is 11.6 Å². The van der Waals surface area contributed by atoms with Crippen LogP contribution < -0.4 is 10.6 Å². The lowest BCUT2D eigenvalue weighted by Gasteiger charge is -2.11. The van der Waals surface area contributed by atoms with Gasteiger partial charge in [0.1, 0.15) is 0 Å². The molecule has 1 heterocycles. The first kappa shape index (κ1) is 19.3. The van der Waals surface area contributed by atoms with Gasteiger partial charge in [-0.3, -0.25) is 0 Å². The summed E-state index contributed by atoms with van der Waals surface area (Å²) >= 11 is 6.10. The van der Waals surface area contributed by atoms with Crippen molar-refractivity contribution in [3.8, 4) is 5.69 Å². The van der Waals surface area contributed by atoms with E-state index in [1.807, 2.05) is 45.0 Å². The first-order chi connectivity index (χ1) is 12.0. The molecular formula is C19H26ClN3O2. The summed E-state index contributed by atoms with van der Waals surface area (Å²) in [5.41, 5.74) is 4.31. The zero-order chi connectivity index (χ0) is 18.2. The van der Waals surface area contributed by atoms with Crippen molar-refractivity contribution in [2.24, 2.45) is 0 Å². The lowest BCUT2D eigenvalue weighted by Crippen LogP contribution is -2.36. The second kappa shape index (κ2) is 9.49. The molecule has 0 bridgehead atoms. The highest BCUT2D eigenvalue weighted by Crippen LogP contribution is 2.22. The van der Waals surface area contributed by atoms with Crippen molar-refractivity contribution in [3.05, 3.63) is 52.3 Å². The molecule has 2 N–H and O–H groups in total. The third kappa shape index (κ3) is 5.51. The van der Waals surface area contributed by atoms with Gasteiger partial charge in [-0.05, 0) is 57.0 Å². The maximum absolute atomic E-state index is 11.9. The van der Waals surface area contributed by atoms with E-state index >= 15 is 0 Å². The summed E-state index contributed by atoms with van der Waals surface area (Å²) in [4.78, 5) is 11.9. The number of nitrogens with zero attached hydrogens (tertiary/aromatic N) is 1. The Labute approximate surface area is 154 Å². The minimum absolute atomic E-state index is 0.163. The molecule has 2 rings (SSSR count). The fourth-order valence-electron chi connectivity index (χ4n) is 2.78. The first-order valence-corrected chi connectivity index (χ1v) is 8.94. The number of hydrogen-bond acceptors (Lipinski definition) is 2. The number of carbonyl (C=O) groups is 1. The van der Waals surface area contributed by atoms with Crippen molar-refractivity contribution in [3.63, 3.8) is 0 Å². The summed E-state index contributed by atoms with van der Waals surface area (Å²) in [5, 5.41) is 6.45. The van der Waals surface area contributed by atoms with Crippen LogP contribution in [0.2, 0.25) is 5.02 Å². The fraction of sp³-hybridized carbons (Fsp3) is 0.421. The summed E-state index contributed by atoms with van der Waals surface area (Å²) < 4.78 is 7.38. The Bertz CT molecular complexity index is 713. The highest BCUT2D eigenvalue weighted by molar-refractivity contribution is 6.30. The molecule has 6 heteroatoms. The molecule has 5 nitrogen and oxygen atoms in total. The van der Waals surface area contributed by atoms with Gasteiger partial charge in [-0.25, -0.2) is 4.79 Å². The minimum atomic E-state index is -0.163. The molecule has 0 radical (unpaired) electrons. The Morgan fingerprint density at radius 1 is 1.24 bits per heavy atom. The van der Waals surface area contributed by atoms with Gasteiger partial charge < -0.3 is 19.9 Å². The summed E-state index contributed by atoms with van der Waals surface area (Å²) in [6, 6.07) is 9.68. The van der Waals surface area contributed by atoms with Gasteiger partial charge in [-0.2, -0.15) is 0 Å². The van der Waals surface area contributed by atoms with Crippen LogP contribution in [-0.2, 0) is 11.3 Å². The molecule has 0 saturated heterocycles. The number of nitrogens with one attached hydrogen (secondary N) is 2. The Morgan fingerprint density at radius 3 is 2.76 bits per heavy atom. The third-order valence-electron chi connectivity index (χ3n) is 4.00. The molecule has 1 aromatic carbocycles. The van der Waals surface area contributed by atoms with Crippen molar-refractivity contribution >= 4 is 17.6 Å². The quantitative estimate of drug-likeness (QED) is 0.697. The number of aryl methyl sites for hydroxylation is 1. The second-order valence-electron chi connectivity index (χ2n) is 5.87. The largest absolute Gasteiger partial charge is 0.382 e. The summed E-state index contributed by atoms with van der Waals surface area (Å²) in [7, 11) is 0. The molecular weight excluding hydrogens is 338 g/mol. The van der Waals surface area contributed by atoms with Crippen LogP contribution in [0.15, 0.2) is 30.3 Å². The SMILES string of the molecule is CCOCCCNC(=O)NCc1cc(C)n(-c2cccc(Cl)c2)c1C. The van der Waals surface area contributed by atoms with Crippen molar-refractivity contribution in [1.29, 1.82) is 0 Å². The minimum Gasteiger partial charge on any atom is -0.382 e. The molecule has 0 spiro atoms. The number of ether oxygens (including phenoxy) is 1. The molecule has 25 heavy (non-hydrogen) atoms. The molecule has 0 fully saturated rings. The van der Waals surface area contributed by atoms with Gasteiger partial charge in [0.25, 0.3) is 0 Å². The average Bonchev–Trinajstić information content (AvgIpc) is 2.86. The molecule has 2 amide bonds. The summed E-state index contributed by atoms with van der Waals surface area (Å²) in [6.45, 7) is 8.51. The smallest absolute Gasteiger partial charge is 0.315 e. The number of benzene rings is 1. The number of rotatable bonds is 8. The van der Waals surface area contributed by atoms with E-state index < -0.39 is 0 Å². The molecule has 0 aliphatic rings. The van der Waals surface area contributed by atoms with Crippen LogP contribution in [0.1, 0.15) is 30.3 Å². The van der Waals surface area contributed by atoms with Gasteiger partial charge >= 0.3 is 6.03 Å². The van der Waals surface area contributed by atoms with Crippen LogP contribution in [-0.4, -0.2) is 30.4 Å². The van der Waals surface area contributed by atoms with E-state index in [2.05, 4.69) is 21.3 Å². The number of carbonyl (C=O) groups excluding carboxylic acids is 1. The lowest BCUT2D eigenvalue weighted by molar-refractivity contribution is 0.145. The molecule has 0 aliphatic carbocycles. The van der Waals surface area contributed by atoms with Crippen LogP contribution in [0.3, 0.4) is 0 Å². The Balaban J connectivity index is 1.93.